The Hall–Kier alpha value is -0.810. The lowest BCUT2D eigenvalue weighted by Gasteiger charge is -2.23. The minimum atomic E-state index is -0.603. The molecule has 0 aliphatic carbocycles. The molecule has 5 heteroatoms. The maximum atomic E-state index is 9.90. The second kappa shape index (κ2) is 9.19. The van der Waals surface area contributed by atoms with Crippen LogP contribution in [0.5, 0.6) is 5.75 Å². The van der Waals surface area contributed by atoms with Gasteiger partial charge in [0.05, 0.1) is 0 Å². The molecule has 0 aliphatic heterocycles. The summed E-state index contributed by atoms with van der Waals surface area (Å²) in [6.07, 6.45) is 0.0772. The molecule has 0 aliphatic rings. The third-order valence-corrected chi connectivity index (χ3v) is 3.33. The van der Waals surface area contributed by atoms with Gasteiger partial charge in [0.25, 0.3) is 0 Å². The van der Waals surface area contributed by atoms with Crippen LogP contribution < -0.4 is 10.1 Å². The third-order valence-electron chi connectivity index (χ3n) is 3.10. The number of ether oxygens (including phenoxy) is 1. The monoisotopic (exact) mass is 301 g/mol. The van der Waals surface area contributed by atoms with Gasteiger partial charge in [-0.1, -0.05) is 31.5 Å². The fourth-order valence-electron chi connectivity index (χ4n) is 1.91. The Labute approximate surface area is 125 Å². The van der Waals surface area contributed by atoms with Crippen LogP contribution in [0.3, 0.4) is 0 Å². The summed E-state index contributed by atoms with van der Waals surface area (Å²) in [5.41, 5.74) is 0. The van der Waals surface area contributed by atoms with Crippen molar-refractivity contribution in [3.05, 3.63) is 29.3 Å². The quantitative estimate of drug-likeness (QED) is 0.653. The van der Waals surface area contributed by atoms with Crippen molar-refractivity contribution in [1.29, 1.82) is 0 Å². The molecular weight excluding hydrogens is 278 g/mol. The fraction of sp³-hybridized carbons (Fsp3) is 0.600. The lowest BCUT2D eigenvalue weighted by molar-refractivity contribution is 0.0995. The minimum Gasteiger partial charge on any atom is -0.491 e. The molecule has 2 atom stereocenters. The zero-order chi connectivity index (χ0) is 15.0. The topological polar surface area (TPSA) is 61.7 Å². The van der Waals surface area contributed by atoms with Gasteiger partial charge in [-0.25, -0.2) is 0 Å². The maximum Gasteiger partial charge on any atom is 0.120 e. The largest absolute Gasteiger partial charge is 0.491 e. The summed E-state index contributed by atoms with van der Waals surface area (Å²) in [6.45, 7) is 4.95. The first-order valence-corrected chi connectivity index (χ1v) is 7.31. The molecule has 2 unspecified atom stereocenters. The van der Waals surface area contributed by atoms with Gasteiger partial charge >= 0.3 is 0 Å². The Balaban J connectivity index is 2.30. The van der Waals surface area contributed by atoms with Crippen LogP contribution in [-0.2, 0) is 0 Å². The van der Waals surface area contributed by atoms with Crippen molar-refractivity contribution in [3.8, 4) is 5.75 Å². The SMILES string of the molecule is CC(C)C(CCO)NCC(O)COc1cccc(Cl)c1. The van der Waals surface area contributed by atoms with Gasteiger partial charge in [-0.2, -0.15) is 0 Å². The third kappa shape index (κ3) is 6.57. The Morgan fingerprint density at radius 1 is 1.35 bits per heavy atom. The van der Waals surface area contributed by atoms with Crippen LogP contribution in [0.4, 0.5) is 0 Å². The van der Waals surface area contributed by atoms with E-state index >= 15 is 0 Å². The first-order valence-electron chi connectivity index (χ1n) is 6.93. The number of halogens is 1. The van der Waals surface area contributed by atoms with Gasteiger partial charge in [-0.3, -0.25) is 0 Å². The van der Waals surface area contributed by atoms with Gasteiger partial charge < -0.3 is 20.3 Å². The van der Waals surface area contributed by atoms with E-state index in [1.165, 1.54) is 0 Å². The van der Waals surface area contributed by atoms with Gasteiger partial charge in [0.15, 0.2) is 0 Å². The first kappa shape index (κ1) is 17.2. The highest BCUT2D eigenvalue weighted by molar-refractivity contribution is 6.30. The number of aliphatic hydroxyl groups excluding tert-OH is 2. The maximum absolute atomic E-state index is 9.90. The molecule has 0 heterocycles. The number of benzene rings is 1. The van der Waals surface area contributed by atoms with Gasteiger partial charge in [-0.15, -0.1) is 0 Å². The van der Waals surface area contributed by atoms with Crippen molar-refractivity contribution in [2.75, 3.05) is 19.8 Å². The van der Waals surface area contributed by atoms with E-state index in [4.69, 9.17) is 21.4 Å². The number of nitrogens with one attached hydrogen (secondary N) is 1. The highest BCUT2D eigenvalue weighted by Gasteiger charge is 2.14. The van der Waals surface area contributed by atoms with Gasteiger partial charge in [0, 0.05) is 24.2 Å². The molecule has 1 rings (SSSR count). The Morgan fingerprint density at radius 2 is 2.10 bits per heavy atom. The van der Waals surface area contributed by atoms with E-state index in [1.54, 1.807) is 24.3 Å². The van der Waals surface area contributed by atoms with Crippen molar-refractivity contribution in [3.63, 3.8) is 0 Å². The van der Waals surface area contributed by atoms with Crippen molar-refractivity contribution in [1.82, 2.24) is 5.32 Å². The normalized spacial score (nSPS) is 14.3. The summed E-state index contributed by atoms with van der Waals surface area (Å²) in [5, 5.41) is 22.7. The Kier molecular flexibility index (Phi) is 7.92. The molecule has 4 nitrogen and oxygen atoms in total. The van der Waals surface area contributed by atoms with E-state index in [-0.39, 0.29) is 19.3 Å². The average Bonchev–Trinajstić information content (AvgIpc) is 2.41. The summed E-state index contributed by atoms with van der Waals surface area (Å²) >= 11 is 5.85. The van der Waals surface area contributed by atoms with E-state index in [0.717, 1.165) is 0 Å². The number of hydrogen-bond acceptors (Lipinski definition) is 4. The Bertz CT molecular complexity index is 387. The fourth-order valence-corrected chi connectivity index (χ4v) is 2.09. The minimum absolute atomic E-state index is 0.144. The van der Waals surface area contributed by atoms with Gasteiger partial charge in [0.2, 0.25) is 0 Å². The molecule has 0 saturated carbocycles. The lowest BCUT2D eigenvalue weighted by Crippen LogP contribution is -2.41. The predicted molar refractivity (Wildman–Crippen MR) is 81.3 cm³/mol. The molecule has 0 fully saturated rings. The molecule has 0 radical (unpaired) electrons. The molecule has 1 aromatic carbocycles. The second-order valence-corrected chi connectivity index (χ2v) is 5.63. The molecule has 0 saturated heterocycles. The second-order valence-electron chi connectivity index (χ2n) is 5.19. The smallest absolute Gasteiger partial charge is 0.120 e. The van der Waals surface area contributed by atoms with Crippen molar-refractivity contribution in [2.45, 2.75) is 32.4 Å². The summed E-state index contributed by atoms with van der Waals surface area (Å²) in [7, 11) is 0. The van der Waals surface area contributed by atoms with Gasteiger partial charge in [0.1, 0.15) is 18.5 Å². The van der Waals surface area contributed by atoms with Crippen LogP contribution in [-0.4, -0.2) is 42.1 Å². The molecule has 20 heavy (non-hydrogen) atoms. The molecule has 0 spiro atoms. The van der Waals surface area contributed by atoms with Gasteiger partial charge in [-0.05, 0) is 30.5 Å². The summed E-state index contributed by atoms with van der Waals surface area (Å²) in [5.74, 6) is 1.05. The predicted octanol–water partition coefficient (Wildman–Crippen LogP) is 2.08. The lowest BCUT2D eigenvalue weighted by atomic mass is 10.0. The van der Waals surface area contributed by atoms with Crippen LogP contribution >= 0.6 is 11.6 Å². The first-order chi connectivity index (χ1) is 9.52. The van der Waals surface area contributed by atoms with E-state index in [9.17, 15) is 5.11 Å². The van der Waals surface area contributed by atoms with Crippen LogP contribution in [0.2, 0.25) is 5.02 Å². The molecular formula is C15H24ClNO3. The summed E-state index contributed by atoms with van der Waals surface area (Å²) in [6, 6.07) is 7.28. The van der Waals surface area contributed by atoms with Crippen molar-refractivity contribution >= 4 is 11.6 Å². The molecule has 0 amide bonds. The van der Waals surface area contributed by atoms with Crippen LogP contribution in [0.15, 0.2) is 24.3 Å². The average molecular weight is 302 g/mol. The Morgan fingerprint density at radius 3 is 2.70 bits per heavy atom. The standard InChI is InChI=1S/C15H24ClNO3/c1-11(2)15(6-7-18)17-9-13(19)10-20-14-5-3-4-12(16)8-14/h3-5,8,11,13,15,17-19H,6-7,9-10H2,1-2H3. The van der Waals surface area contributed by atoms with E-state index in [0.29, 0.717) is 29.7 Å². The molecule has 0 bridgehead atoms. The van der Waals surface area contributed by atoms with Crippen LogP contribution in [0.1, 0.15) is 20.3 Å². The molecule has 114 valence electrons. The highest BCUT2D eigenvalue weighted by atomic mass is 35.5. The van der Waals surface area contributed by atoms with Crippen LogP contribution in [0.25, 0.3) is 0 Å². The molecule has 1 aromatic rings. The van der Waals surface area contributed by atoms with E-state index in [2.05, 4.69) is 19.2 Å². The van der Waals surface area contributed by atoms with E-state index < -0.39 is 6.10 Å². The number of aliphatic hydroxyl groups is 2. The molecule has 0 aromatic heterocycles. The van der Waals surface area contributed by atoms with Crippen LogP contribution in [0, 0.1) is 5.92 Å². The number of rotatable bonds is 9. The highest BCUT2D eigenvalue weighted by Crippen LogP contribution is 2.17. The van der Waals surface area contributed by atoms with Crippen molar-refractivity contribution in [2.24, 2.45) is 5.92 Å². The summed E-state index contributed by atoms with van der Waals surface area (Å²) in [4.78, 5) is 0. The van der Waals surface area contributed by atoms with E-state index in [1.807, 2.05) is 0 Å². The number of hydrogen-bond donors (Lipinski definition) is 3. The van der Waals surface area contributed by atoms with Crippen molar-refractivity contribution < 1.29 is 14.9 Å². The molecule has 3 N–H and O–H groups in total. The summed E-state index contributed by atoms with van der Waals surface area (Å²) < 4.78 is 5.48. The zero-order valence-electron chi connectivity index (χ0n) is 12.1. The zero-order valence-corrected chi connectivity index (χ0v) is 12.8.